The Bertz CT molecular complexity index is 1040. The first-order valence-electron chi connectivity index (χ1n) is 9.04. The van der Waals surface area contributed by atoms with Crippen molar-refractivity contribution in [2.45, 2.75) is 38.4 Å². The molecular formula is C20H19F3N4O. The molecule has 0 bridgehead atoms. The summed E-state index contributed by atoms with van der Waals surface area (Å²) in [5.41, 5.74) is 2.85. The van der Waals surface area contributed by atoms with E-state index in [1.165, 1.54) is 13.0 Å². The topological polar surface area (TPSA) is 69.8 Å². The van der Waals surface area contributed by atoms with Gasteiger partial charge in [-0.25, -0.2) is 4.98 Å². The highest BCUT2D eigenvalue weighted by Gasteiger charge is 2.32. The van der Waals surface area contributed by atoms with Crippen LogP contribution in [0.1, 0.15) is 42.5 Å². The van der Waals surface area contributed by atoms with Crippen LogP contribution in [-0.2, 0) is 17.4 Å². The second kappa shape index (κ2) is 6.85. The third-order valence-electron chi connectivity index (χ3n) is 4.92. The van der Waals surface area contributed by atoms with Crippen molar-refractivity contribution < 1.29 is 18.0 Å². The molecule has 1 atom stereocenters. The molecule has 0 saturated heterocycles. The lowest BCUT2D eigenvalue weighted by Crippen LogP contribution is -2.19. The lowest BCUT2D eigenvalue weighted by atomic mass is 9.86. The van der Waals surface area contributed by atoms with Gasteiger partial charge in [0.25, 0.3) is 0 Å². The molecule has 4 rings (SSSR count). The van der Waals surface area contributed by atoms with Gasteiger partial charge in [0, 0.05) is 6.92 Å². The van der Waals surface area contributed by atoms with Gasteiger partial charge in [-0.2, -0.15) is 13.2 Å². The van der Waals surface area contributed by atoms with E-state index in [0.29, 0.717) is 29.1 Å². The Balaban J connectivity index is 1.66. The summed E-state index contributed by atoms with van der Waals surface area (Å²) in [6.07, 6.45) is -2.01. The summed E-state index contributed by atoms with van der Waals surface area (Å²) in [7, 11) is 0. The average Bonchev–Trinajstić information content (AvgIpc) is 3.04. The number of amides is 1. The lowest BCUT2D eigenvalue weighted by Gasteiger charge is -2.27. The van der Waals surface area contributed by atoms with Gasteiger partial charge >= 0.3 is 6.18 Å². The molecule has 2 aromatic carbocycles. The minimum Gasteiger partial charge on any atom is -0.349 e. The second-order valence-electron chi connectivity index (χ2n) is 6.97. The summed E-state index contributed by atoms with van der Waals surface area (Å²) in [6.45, 7) is 1.42. The van der Waals surface area contributed by atoms with E-state index in [1.807, 2.05) is 6.07 Å². The van der Waals surface area contributed by atoms with Gasteiger partial charge in [-0.05, 0) is 54.7 Å². The van der Waals surface area contributed by atoms with Gasteiger partial charge in [0.1, 0.15) is 5.52 Å². The fourth-order valence-corrected chi connectivity index (χ4v) is 3.68. The maximum atomic E-state index is 13.1. The quantitative estimate of drug-likeness (QED) is 0.589. The number of para-hydroxylation sites is 1. The number of anilines is 2. The summed E-state index contributed by atoms with van der Waals surface area (Å²) >= 11 is 0. The molecule has 0 aliphatic heterocycles. The fraction of sp³-hybridized carbons (Fsp3) is 0.300. The molecule has 1 amide bonds. The SMILES string of the molecule is CC(=O)Nc1cccc2[nH]c(N[C@@H]3CCCc4ccc(C(F)(F)F)cc43)nc12. The van der Waals surface area contributed by atoms with E-state index in [4.69, 9.17) is 0 Å². The summed E-state index contributed by atoms with van der Waals surface area (Å²) in [5.74, 6) is 0.258. The van der Waals surface area contributed by atoms with E-state index in [-0.39, 0.29) is 11.9 Å². The van der Waals surface area contributed by atoms with Crippen LogP contribution in [-0.4, -0.2) is 15.9 Å². The monoisotopic (exact) mass is 388 g/mol. The molecule has 3 aromatic rings. The van der Waals surface area contributed by atoms with Crippen LogP contribution < -0.4 is 10.6 Å². The average molecular weight is 388 g/mol. The number of halogens is 3. The Hall–Kier alpha value is -3.03. The number of rotatable bonds is 3. The zero-order valence-corrected chi connectivity index (χ0v) is 15.2. The first-order chi connectivity index (χ1) is 13.3. The highest BCUT2D eigenvalue weighted by atomic mass is 19.4. The van der Waals surface area contributed by atoms with Crippen LogP contribution in [0.4, 0.5) is 24.8 Å². The molecule has 5 nitrogen and oxygen atoms in total. The number of H-pyrrole nitrogens is 1. The smallest absolute Gasteiger partial charge is 0.349 e. The van der Waals surface area contributed by atoms with Crippen molar-refractivity contribution >= 4 is 28.6 Å². The largest absolute Gasteiger partial charge is 0.416 e. The molecule has 0 spiro atoms. The van der Waals surface area contributed by atoms with Gasteiger partial charge in [-0.1, -0.05) is 12.1 Å². The van der Waals surface area contributed by atoms with E-state index in [9.17, 15) is 18.0 Å². The first kappa shape index (κ1) is 18.3. The van der Waals surface area contributed by atoms with Crippen molar-refractivity contribution in [3.05, 3.63) is 53.1 Å². The Labute approximate surface area is 159 Å². The molecule has 0 saturated carbocycles. The zero-order valence-electron chi connectivity index (χ0n) is 15.2. The third-order valence-corrected chi connectivity index (χ3v) is 4.92. The number of alkyl halides is 3. The molecule has 1 aliphatic carbocycles. The molecule has 3 N–H and O–H groups in total. The predicted octanol–water partition coefficient (Wildman–Crippen LogP) is 5.03. The summed E-state index contributed by atoms with van der Waals surface area (Å²) in [4.78, 5) is 19.0. The predicted molar refractivity (Wildman–Crippen MR) is 101 cm³/mol. The lowest BCUT2D eigenvalue weighted by molar-refractivity contribution is -0.137. The van der Waals surface area contributed by atoms with Crippen LogP contribution in [0.25, 0.3) is 11.0 Å². The molecule has 1 aliphatic rings. The summed E-state index contributed by atoms with van der Waals surface area (Å²) in [6, 6.07) is 9.05. The molecule has 28 heavy (non-hydrogen) atoms. The number of aryl methyl sites for hydroxylation is 1. The number of benzene rings is 2. The maximum Gasteiger partial charge on any atom is 0.416 e. The number of hydrogen-bond acceptors (Lipinski definition) is 3. The number of aromatic nitrogens is 2. The van der Waals surface area contributed by atoms with E-state index < -0.39 is 11.7 Å². The highest BCUT2D eigenvalue weighted by Crippen LogP contribution is 2.37. The molecule has 146 valence electrons. The molecule has 1 aromatic heterocycles. The van der Waals surface area contributed by atoms with Gasteiger partial charge in [0.15, 0.2) is 0 Å². The third kappa shape index (κ3) is 3.54. The Morgan fingerprint density at radius 2 is 2.07 bits per heavy atom. The van der Waals surface area contributed by atoms with E-state index in [1.54, 1.807) is 18.2 Å². The Kier molecular flexibility index (Phi) is 4.49. The molecule has 1 heterocycles. The minimum atomic E-state index is -4.37. The molecule has 8 heteroatoms. The van der Waals surface area contributed by atoms with Crippen molar-refractivity contribution in [2.24, 2.45) is 0 Å². The Morgan fingerprint density at radius 1 is 1.25 bits per heavy atom. The van der Waals surface area contributed by atoms with E-state index >= 15 is 0 Å². The van der Waals surface area contributed by atoms with Crippen LogP contribution in [0.2, 0.25) is 0 Å². The number of aromatic amines is 1. The standard InChI is InChI=1S/C20H19F3N4O/c1-11(28)24-16-6-3-7-17-18(16)27-19(26-17)25-15-5-2-4-12-8-9-13(10-14(12)15)20(21,22)23/h3,6-10,15H,2,4-5H2,1H3,(H,24,28)(H2,25,26,27)/t15-/m1/s1. The van der Waals surface area contributed by atoms with Gasteiger partial charge < -0.3 is 15.6 Å². The first-order valence-corrected chi connectivity index (χ1v) is 9.04. The maximum absolute atomic E-state index is 13.1. The number of nitrogens with zero attached hydrogens (tertiary/aromatic N) is 1. The Morgan fingerprint density at radius 3 is 2.82 bits per heavy atom. The molecule has 0 unspecified atom stereocenters. The number of fused-ring (bicyclic) bond motifs is 2. The van der Waals surface area contributed by atoms with Crippen molar-refractivity contribution in [2.75, 3.05) is 10.6 Å². The van der Waals surface area contributed by atoms with Gasteiger partial charge in [-0.3, -0.25) is 4.79 Å². The van der Waals surface area contributed by atoms with Crippen molar-refractivity contribution in [1.82, 2.24) is 9.97 Å². The molecular weight excluding hydrogens is 369 g/mol. The summed E-state index contributed by atoms with van der Waals surface area (Å²) < 4.78 is 39.4. The second-order valence-corrected chi connectivity index (χ2v) is 6.97. The van der Waals surface area contributed by atoms with Gasteiger partial charge in [-0.15, -0.1) is 0 Å². The highest BCUT2D eigenvalue weighted by molar-refractivity contribution is 5.99. The van der Waals surface area contributed by atoms with E-state index in [0.717, 1.165) is 30.0 Å². The molecule has 0 radical (unpaired) electrons. The zero-order chi connectivity index (χ0) is 19.9. The van der Waals surface area contributed by atoms with Crippen molar-refractivity contribution in [3.63, 3.8) is 0 Å². The van der Waals surface area contributed by atoms with Gasteiger partial charge in [0.05, 0.1) is 22.8 Å². The van der Waals surface area contributed by atoms with Gasteiger partial charge in [0.2, 0.25) is 11.9 Å². The van der Waals surface area contributed by atoms with Crippen LogP contribution in [0.3, 0.4) is 0 Å². The van der Waals surface area contributed by atoms with Crippen molar-refractivity contribution in [3.8, 4) is 0 Å². The van der Waals surface area contributed by atoms with Crippen LogP contribution in [0.5, 0.6) is 0 Å². The number of carbonyl (C=O) groups is 1. The number of carbonyl (C=O) groups excluding carboxylic acids is 1. The van der Waals surface area contributed by atoms with E-state index in [2.05, 4.69) is 20.6 Å². The van der Waals surface area contributed by atoms with Crippen LogP contribution in [0, 0.1) is 0 Å². The minimum absolute atomic E-state index is 0.203. The summed E-state index contributed by atoms with van der Waals surface area (Å²) in [5, 5.41) is 5.97. The normalized spacial score (nSPS) is 16.6. The number of hydrogen-bond donors (Lipinski definition) is 3. The fourth-order valence-electron chi connectivity index (χ4n) is 3.68. The van der Waals surface area contributed by atoms with Crippen LogP contribution >= 0.6 is 0 Å². The molecule has 0 fully saturated rings. The number of imidazole rings is 1. The van der Waals surface area contributed by atoms with Crippen LogP contribution in [0.15, 0.2) is 36.4 Å². The van der Waals surface area contributed by atoms with Crippen molar-refractivity contribution in [1.29, 1.82) is 0 Å². The number of nitrogens with one attached hydrogen (secondary N) is 3.